The Morgan fingerprint density at radius 3 is 2.73 bits per heavy atom. The third-order valence-corrected chi connectivity index (χ3v) is 2.83. The Morgan fingerprint density at radius 2 is 2.20 bits per heavy atom. The van der Waals surface area contributed by atoms with Gasteiger partial charge in [0, 0.05) is 18.5 Å². The zero-order valence-electron chi connectivity index (χ0n) is 9.06. The molecule has 0 radical (unpaired) electrons. The van der Waals surface area contributed by atoms with Crippen LogP contribution in [-0.2, 0) is 9.84 Å². The van der Waals surface area contributed by atoms with Gasteiger partial charge in [-0.3, -0.25) is 0 Å². The highest BCUT2D eigenvalue weighted by Crippen LogP contribution is 2.04. The van der Waals surface area contributed by atoms with Crippen molar-refractivity contribution in [3.63, 3.8) is 0 Å². The van der Waals surface area contributed by atoms with E-state index in [0.717, 1.165) is 0 Å². The highest BCUT2D eigenvalue weighted by Gasteiger charge is 2.10. The van der Waals surface area contributed by atoms with Crippen molar-refractivity contribution in [2.45, 2.75) is 19.9 Å². The predicted octanol–water partition coefficient (Wildman–Crippen LogP) is 0.630. The molecule has 1 rings (SSSR count). The monoisotopic (exact) mass is 229 g/mol. The van der Waals surface area contributed by atoms with E-state index in [1.165, 1.54) is 6.26 Å². The van der Waals surface area contributed by atoms with Gasteiger partial charge in [0.15, 0.2) is 0 Å². The summed E-state index contributed by atoms with van der Waals surface area (Å²) >= 11 is 0. The number of nitrogens with one attached hydrogen (secondary N) is 1. The van der Waals surface area contributed by atoms with Gasteiger partial charge in [-0.1, -0.05) is 0 Å². The molecule has 0 aliphatic carbocycles. The maximum Gasteiger partial charge on any atom is 0.149 e. The summed E-state index contributed by atoms with van der Waals surface area (Å²) in [6, 6.07) is 1.56. The minimum Gasteiger partial charge on any atom is -0.366 e. The Bertz CT molecular complexity index is 431. The molecule has 1 heterocycles. The molecule has 0 aromatic carbocycles. The van der Waals surface area contributed by atoms with Crippen molar-refractivity contribution in [2.24, 2.45) is 0 Å². The molecule has 0 saturated heterocycles. The number of sulfone groups is 1. The molecule has 1 N–H and O–H groups in total. The fraction of sp³-hybridized carbons (Fsp3) is 0.556. The predicted molar refractivity (Wildman–Crippen MR) is 59.6 cm³/mol. The van der Waals surface area contributed by atoms with Crippen molar-refractivity contribution in [2.75, 3.05) is 17.3 Å². The quantitative estimate of drug-likeness (QED) is 0.820. The lowest BCUT2D eigenvalue weighted by atomic mass is 10.4. The number of aryl methyl sites for hydroxylation is 1. The Balaban J connectivity index is 2.63. The molecular formula is C9H15N3O2S. The molecule has 0 spiro atoms. The average Bonchev–Trinajstić information content (AvgIpc) is 1.99. The molecule has 0 aliphatic rings. The van der Waals surface area contributed by atoms with Gasteiger partial charge in [-0.15, -0.1) is 0 Å². The molecule has 84 valence electrons. The maximum absolute atomic E-state index is 11.0. The summed E-state index contributed by atoms with van der Waals surface area (Å²) in [5.41, 5.74) is 0. The van der Waals surface area contributed by atoms with Gasteiger partial charge >= 0.3 is 0 Å². The molecule has 0 aliphatic heterocycles. The third kappa shape index (κ3) is 4.73. The number of hydrogen-bond acceptors (Lipinski definition) is 5. The largest absolute Gasteiger partial charge is 0.366 e. The first-order valence-corrected chi connectivity index (χ1v) is 6.67. The Hall–Kier alpha value is -1.17. The molecule has 0 fully saturated rings. The van der Waals surface area contributed by atoms with E-state index in [9.17, 15) is 8.42 Å². The maximum atomic E-state index is 11.0. The standard InChI is InChI=1S/C9H15N3O2S/c1-7(6-15(3,13)14)11-9-4-5-10-8(2)12-9/h4-5,7H,6H2,1-3H3,(H,10,11,12). The summed E-state index contributed by atoms with van der Waals surface area (Å²) in [5, 5.41) is 3.01. The van der Waals surface area contributed by atoms with Crippen molar-refractivity contribution in [3.8, 4) is 0 Å². The molecule has 0 saturated carbocycles. The zero-order valence-corrected chi connectivity index (χ0v) is 9.87. The first kappa shape index (κ1) is 11.9. The van der Waals surface area contributed by atoms with E-state index in [1.807, 2.05) is 0 Å². The second kappa shape index (κ2) is 4.57. The summed E-state index contributed by atoms with van der Waals surface area (Å²) in [6.45, 7) is 3.59. The van der Waals surface area contributed by atoms with Crippen LogP contribution in [0.15, 0.2) is 12.3 Å². The lowest BCUT2D eigenvalue weighted by Gasteiger charge is -2.13. The van der Waals surface area contributed by atoms with Crippen molar-refractivity contribution >= 4 is 15.7 Å². The topological polar surface area (TPSA) is 72.0 Å². The number of aromatic nitrogens is 2. The van der Waals surface area contributed by atoms with Crippen LogP contribution in [0.25, 0.3) is 0 Å². The molecule has 0 amide bonds. The Labute approximate surface area is 89.9 Å². The molecule has 6 heteroatoms. The molecule has 1 aromatic heterocycles. The first-order chi connectivity index (χ1) is 6.87. The van der Waals surface area contributed by atoms with Crippen LogP contribution in [0.1, 0.15) is 12.7 Å². The van der Waals surface area contributed by atoms with Gasteiger partial charge < -0.3 is 5.32 Å². The molecule has 0 bridgehead atoms. The van der Waals surface area contributed by atoms with Crippen molar-refractivity contribution in [3.05, 3.63) is 18.1 Å². The third-order valence-electron chi connectivity index (χ3n) is 1.72. The smallest absolute Gasteiger partial charge is 0.149 e. The van der Waals surface area contributed by atoms with Crippen molar-refractivity contribution in [1.82, 2.24) is 9.97 Å². The highest BCUT2D eigenvalue weighted by molar-refractivity contribution is 7.90. The number of nitrogens with zero attached hydrogens (tertiary/aromatic N) is 2. The lowest BCUT2D eigenvalue weighted by molar-refractivity contribution is 0.598. The van der Waals surface area contributed by atoms with Gasteiger partial charge in [-0.2, -0.15) is 0 Å². The van der Waals surface area contributed by atoms with Gasteiger partial charge in [0.25, 0.3) is 0 Å². The molecule has 1 atom stereocenters. The highest BCUT2D eigenvalue weighted by atomic mass is 32.2. The Morgan fingerprint density at radius 1 is 1.53 bits per heavy atom. The molecule has 1 aromatic rings. The van der Waals surface area contributed by atoms with E-state index in [4.69, 9.17) is 0 Å². The van der Waals surface area contributed by atoms with Crippen LogP contribution in [-0.4, -0.2) is 36.4 Å². The fourth-order valence-electron chi connectivity index (χ4n) is 1.28. The van der Waals surface area contributed by atoms with Crippen LogP contribution in [0.5, 0.6) is 0 Å². The van der Waals surface area contributed by atoms with Gasteiger partial charge in [-0.25, -0.2) is 18.4 Å². The Kier molecular flexibility index (Phi) is 3.62. The summed E-state index contributed by atoms with van der Waals surface area (Å²) in [7, 11) is -2.96. The second-order valence-electron chi connectivity index (χ2n) is 3.63. The van der Waals surface area contributed by atoms with Crippen LogP contribution in [0.3, 0.4) is 0 Å². The molecule has 15 heavy (non-hydrogen) atoms. The second-order valence-corrected chi connectivity index (χ2v) is 5.81. The minimum atomic E-state index is -2.96. The average molecular weight is 229 g/mol. The fourth-order valence-corrected chi connectivity index (χ4v) is 2.28. The summed E-state index contributed by atoms with van der Waals surface area (Å²) in [5.74, 6) is 1.40. The van der Waals surface area contributed by atoms with E-state index in [0.29, 0.717) is 11.6 Å². The molecule has 5 nitrogen and oxygen atoms in total. The molecule has 1 unspecified atom stereocenters. The first-order valence-electron chi connectivity index (χ1n) is 4.61. The van der Waals surface area contributed by atoms with Crippen LogP contribution < -0.4 is 5.32 Å². The van der Waals surface area contributed by atoms with E-state index < -0.39 is 9.84 Å². The minimum absolute atomic E-state index is 0.0933. The molecular weight excluding hydrogens is 214 g/mol. The van der Waals surface area contributed by atoms with Crippen molar-refractivity contribution in [1.29, 1.82) is 0 Å². The van der Waals surface area contributed by atoms with Crippen LogP contribution in [0, 0.1) is 6.92 Å². The van der Waals surface area contributed by atoms with Gasteiger partial charge in [0.2, 0.25) is 0 Å². The lowest BCUT2D eigenvalue weighted by Crippen LogP contribution is -2.25. The zero-order chi connectivity index (χ0) is 11.5. The van der Waals surface area contributed by atoms with Crippen LogP contribution in [0.4, 0.5) is 5.82 Å². The van der Waals surface area contributed by atoms with E-state index in [2.05, 4.69) is 15.3 Å². The number of rotatable bonds is 4. The van der Waals surface area contributed by atoms with E-state index >= 15 is 0 Å². The number of hydrogen-bond donors (Lipinski definition) is 1. The number of anilines is 1. The van der Waals surface area contributed by atoms with Gasteiger partial charge in [0.1, 0.15) is 21.5 Å². The van der Waals surface area contributed by atoms with Gasteiger partial charge in [0.05, 0.1) is 5.75 Å². The van der Waals surface area contributed by atoms with E-state index in [-0.39, 0.29) is 11.8 Å². The summed E-state index contributed by atoms with van der Waals surface area (Å²) in [6.07, 6.45) is 2.86. The van der Waals surface area contributed by atoms with Crippen LogP contribution in [0.2, 0.25) is 0 Å². The normalized spacial score (nSPS) is 13.5. The summed E-state index contributed by atoms with van der Waals surface area (Å²) < 4.78 is 22.1. The van der Waals surface area contributed by atoms with E-state index in [1.54, 1.807) is 26.1 Å². The summed E-state index contributed by atoms with van der Waals surface area (Å²) in [4.78, 5) is 8.08. The van der Waals surface area contributed by atoms with Crippen molar-refractivity contribution < 1.29 is 8.42 Å². The van der Waals surface area contributed by atoms with Crippen LogP contribution >= 0.6 is 0 Å². The SMILES string of the molecule is Cc1nccc(NC(C)CS(C)(=O)=O)n1. The van der Waals surface area contributed by atoms with Gasteiger partial charge in [-0.05, 0) is 19.9 Å².